The van der Waals surface area contributed by atoms with E-state index in [4.69, 9.17) is 4.42 Å². The number of nitrogens with one attached hydrogen (secondary N) is 1. The molecule has 22 heavy (non-hydrogen) atoms. The van der Waals surface area contributed by atoms with Crippen LogP contribution >= 0.6 is 0 Å². The largest absolute Gasteiger partial charge is 0.465 e. The first-order chi connectivity index (χ1) is 10.6. The van der Waals surface area contributed by atoms with Gasteiger partial charge < -0.3 is 4.42 Å². The van der Waals surface area contributed by atoms with Crippen molar-refractivity contribution in [2.45, 2.75) is 6.92 Å². The second kappa shape index (κ2) is 5.73. The summed E-state index contributed by atoms with van der Waals surface area (Å²) >= 11 is 0. The van der Waals surface area contributed by atoms with Gasteiger partial charge in [-0.05, 0) is 48.9 Å². The molecule has 0 radical (unpaired) electrons. The highest BCUT2D eigenvalue weighted by Crippen LogP contribution is 2.20. The number of carbonyl (C=O) groups excluding carboxylic acids is 2. The fourth-order valence-corrected chi connectivity index (χ4v) is 2.18. The maximum absolute atomic E-state index is 12.4. The molecule has 0 bridgehead atoms. The van der Waals surface area contributed by atoms with Crippen LogP contribution in [-0.2, 0) is 9.59 Å². The SMILES string of the molecule is CC(=Cc1ccco1)C=C1C(=O)NN(c2ccccc2)C1=O. The molecule has 1 N–H and O–H groups in total. The number of anilines is 1. The molecule has 2 aromatic rings. The summed E-state index contributed by atoms with van der Waals surface area (Å²) in [5.41, 5.74) is 4.04. The van der Waals surface area contributed by atoms with Crippen LogP contribution in [0.4, 0.5) is 5.69 Å². The van der Waals surface area contributed by atoms with Crippen LogP contribution in [0.3, 0.4) is 0 Å². The normalized spacial score (nSPS) is 17.2. The van der Waals surface area contributed by atoms with Gasteiger partial charge in [-0.25, -0.2) is 5.01 Å². The van der Waals surface area contributed by atoms with E-state index in [1.165, 1.54) is 5.01 Å². The smallest absolute Gasteiger partial charge is 0.282 e. The zero-order valence-electron chi connectivity index (χ0n) is 11.9. The van der Waals surface area contributed by atoms with Crippen LogP contribution in [0.25, 0.3) is 6.08 Å². The number of furan rings is 1. The molecule has 0 saturated carbocycles. The lowest BCUT2D eigenvalue weighted by Gasteiger charge is -2.13. The average Bonchev–Trinajstić information content (AvgIpc) is 3.11. The van der Waals surface area contributed by atoms with Gasteiger partial charge in [0.1, 0.15) is 11.3 Å². The summed E-state index contributed by atoms with van der Waals surface area (Å²) in [6.07, 6.45) is 4.89. The van der Waals surface area contributed by atoms with E-state index in [1.54, 1.807) is 61.7 Å². The van der Waals surface area contributed by atoms with Gasteiger partial charge in [0.05, 0.1) is 12.0 Å². The molecule has 1 aromatic heterocycles. The number of benzene rings is 1. The van der Waals surface area contributed by atoms with Gasteiger partial charge in [-0.3, -0.25) is 15.0 Å². The number of hydrazine groups is 1. The first-order valence-corrected chi connectivity index (χ1v) is 6.79. The van der Waals surface area contributed by atoms with Gasteiger partial charge in [-0.1, -0.05) is 18.2 Å². The third-order valence-corrected chi connectivity index (χ3v) is 3.19. The summed E-state index contributed by atoms with van der Waals surface area (Å²) < 4.78 is 5.21. The van der Waals surface area contributed by atoms with Crippen molar-refractivity contribution in [2.24, 2.45) is 0 Å². The van der Waals surface area contributed by atoms with E-state index in [1.807, 2.05) is 6.07 Å². The molecule has 0 atom stereocenters. The molecule has 1 aromatic carbocycles. The van der Waals surface area contributed by atoms with E-state index >= 15 is 0 Å². The maximum atomic E-state index is 12.4. The summed E-state index contributed by atoms with van der Waals surface area (Å²) in [6.45, 7) is 1.81. The Labute approximate surface area is 127 Å². The Morgan fingerprint density at radius 3 is 2.59 bits per heavy atom. The first-order valence-electron chi connectivity index (χ1n) is 6.79. The standard InChI is InChI=1S/C17H14N2O3/c1-12(10-14-8-5-9-22-14)11-15-16(20)18-19(17(15)21)13-6-3-2-4-7-13/h2-11H,1H3,(H,18,20). The van der Waals surface area contributed by atoms with Gasteiger partial charge in [0, 0.05) is 0 Å². The lowest BCUT2D eigenvalue weighted by Crippen LogP contribution is -2.35. The highest BCUT2D eigenvalue weighted by atomic mass is 16.3. The van der Waals surface area contributed by atoms with Crippen molar-refractivity contribution in [2.75, 3.05) is 5.01 Å². The number of hydrogen-bond acceptors (Lipinski definition) is 3. The molecule has 0 spiro atoms. The van der Waals surface area contributed by atoms with E-state index < -0.39 is 5.91 Å². The number of para-hydroxylation sites is 1. The lowest BCUT2D eigenvalue weighted by molar-refractivity contribution is -0.117. The molecule has 5 heteroatoms. The van der Waals surface area contributed by atoms with Crippen molar-refractivity contribution in [1.82, 2.24) is 5.43 Å². The van der Waals surface area contributed by atoms with Gasteiger partial charge in [-0.15, -0.1) is 0 Å². The van der Waals surface area contributed by atoms with Crippen LogP contribution in [0.2, 0.25) is 0 Å². The van der Waals surface area contributed by atoms with Crippen molar-refractivity contribution in [3.8, 4) is 0 Å². The minimum absolute atomic E-state index is 0.101. The zero-order chi connectivity index (χ0) is 15.5. The minimum Gasteiger partial charge on any atom is -0.465 e. The predicted octanol–water partition coefficient (Wildman–Crippen LogP) is 2.69. The zero-order valence-corrected chi connectivity index (χ0v) is 11.9. The van der Waals surface area contributed by atoms with Crippen LogP contribution in [0.1, 0.15) is 12.7 Å². The summed E-state index contributed by atoms with van der Waals surface area (Å²) in [5.74, 6) is -0.121. The lowest BCUT2D eigenvalue weighted by atomic mass is 10.1. The van der Waals surface area contributed by atoms with E-state index in [0.29, 0.717) is 11.4 Å². The van der Waals surface area contributed by atoms with Crippen LogP contribution in [0.15, 0.2) is 70.4 Å². The summed E-state index contributed by atoms with van der Waals surface area (Å²) in [4.78, 5) is 24.4. The maximum Gasteiger partial charge on any atom is 0.282 e. The first kappa shape index (κ1) is 13.9. The van der Waals surface area contributed by atoms with Crippen molar-refractivity contribution < 1.29 is 14.0 Å². The number of allylic oxidation sites excluding steroid dienone is 2. The molecule has 110 valence electrons. The third kappa shape index (κ3) is 2.69. The van der Waals surface area contributed by atoms with Gasteiger partial charge in [0.2, 0.25) is 0 Å². The van der Waals surface area contributed by atoms with Crippen molar-refractivity contribution in [3.05, 3.63) is 71.7 Å². The van der Waals surface area contributed by atoms with E-state index in [-0.39, 0.29) is 11.5 Å². The Bertz CT molecular complexity index is 758. The highest BCUT2D eigenvalue weighted by Gasteiger charge is 2.34. The molecule has 2 amide bonds. The molecular formula is C17H14N2O3. The Morgan fingerprint density at radius 1 is 1.14 bits per heavy atom. The Balaban J connectivity index is 1.87. The minimum atomic E-state index is -0.416. The fraction of sp³-hybridized carbons (Fsp3) is 0.0588. The molecule has 3 rings (SSSR count). The molecule has 1 saturated heterocycles. The molecular weight excluding hydrogens is 280 g/mol. The molecule has 1 aliphatic rings. The monoisotopic (exact) mass is 294 g/mol. The second-order valence-electron chi connectivity index (χ2n) is 4.88. The second-order valence-corrected chi connectivity index (χ2v) is 4.88. The molecule has 5 nitrogen and oxygen atoms in total. The Hall–Kier alpha value is -3.08. The number of rotatable bonds is 3. The molecule has 1 fully saturated rings. The van der Waals surface area contributed by atoms with E-state index in [9.17, 15) is 9.59 Å². The van der Waals surface area contributed by atoms with Crippen LogP contribution in [0, 0.1) is 0 Å². The number of carbonyl (C=O) groups is 2. The van der Waals surface area contributed by atoms with Gasteiger partial charge in [-0.2, -0.15) is 0 Å². The van der Waals surface area contributed by atoms with Gasteiger partial charge in [0.15, 0.2) is 0 Å². The summed E-state index contributed by atoms with van der Waals surface area (Å²) in [6, 6.07) is 12.5. The number of hydrogen-bond donors (Lipinski definition) is 1. The van der Waals surface area contributed by atoms with Crippen LogP contribution in [0.5, 0.6) is 0 Å². The fourth-order valence-electron chi connectivity index (χ4n) is 2.18. The molecule has 1 aliphatic heterocycles. The summed E-state index contributed by atoms with van der Waals surface area (Å²) in [7, 11) is 0. The van der Waals surface area contributed by atoms with Gasteiger partial charge in [0.25, 0.3) is 11.8 Å². The average molecular weight is 294 g/mol. The van der Waals surface area contributed by atoms with E-state index in [0.717, 1.165) is 5.57 Å². The van der Waals surface area contributed by atoms with Crippen molar-refractivity contribution >= 4 is 23.6 Å². The topological polar surface area (TPSA) is 62.6 Å². The highest BCUT2D eigenvalue weighted by molar-refractivity contribution is 6.29. The van der Waals surface area contributed by atoms with Crippen molar-refractivity contribution in [1.29, 1.82) is 0 Å². The third-order valence-electron chi connectivity index (χ3n) is 3.19. The van der Waals surface area contributed by atoms with Gasteiger partial charge >= 0.3 is 0 Å². The number of nitrogens with zero attached hydrogens (tertiary/aromatic N) is 1. The van der Waals surface area contributed by atoms with Crippen molar-refractivity contribution in [3.63, 3.8) is 0 Å². The Morgan fingerprint density at radius 2 is 1.91 bits per heavy atom. The quantitative estimate of drug-likeness (QED) is 0.699. The van der Waals surface area contributed by atoms with Crippen LogP contribution < -0.4 is 10.4 Å². The van der Waals surface area contributed by atoms with Crippen LogP contribution in [-0.4, -0.2) is 11.8 Å². The number of amides is 2. The predicted molar refractivity (Wildman–Crippen MR) is 82.5 cm³/mol. The molecule has 2 heterocycles. The molecule has 0 aliphatic carbocycles. The summed E-state index contributed by atoms with van der Waals surface area (Å²) in [5, 5.41) is 1.24. The van der Waals surface area contributed by atoms with E-state index in [2.05, 4.69) is 5.43 Å². The Kier molecular flexibility index (Phi) is 3.62. The molecule has 0 unspecified atom stereocenters.